The zero-order valence-electron chi connectivity index (χ0n) is 15.5. The van der Waals surface area contributed by atoms with Gasteiger partial charge in [0.15, 0.2) is 0 Å². The van der Waals surface area contributed by atoms with Gasteiger partial charge in [-0.1, -0.05) is 0 Å². The van der Waals surface area contributed by atoms with E-state index in [0.717, 1.165) is 10.4 Å². The van der Waals surface area contributed by atoms with Crippen LogP contribution < -0.4 is 4.72 Å². The molecule has 0 amide bonds. The van der Waals surface area contributed by atoms with Crippen molar-refractivity contribution in [2.75, 3.05) is 37.9 Å². The highest BCUT2D eigenvalue weighted by molar-refractivity contribution is 7.94. The van der Waals surface area contributed by atoms with Gasteiger partial charge in [-0.2, -0.15) is 4.31 Å². The number of likely N-dealkylation sites (N-methyl/N-ethyl adjacent to an activating group) is 1. The van der Waals surface area contributed by atoms with Gasteiger partial charge < -0.3 is 4.90 Å². The number of hydrogen-bond donors (Lipinski definition) is 1. The largest absolute Gasteiger partial charge is 0.304 e. The van der Waals surface area contributed by atoms with E-state index in [1.54, 1.807) is 6.07 Å². The molecule has 1 fully saturated rings. The van der Waals surface area contributed by atoms with Crippen LogP contribution in [-0.2, 0) is 20.0 Å². The lowest BCUT2D eigenvalue weighted by molar-refractivity contribution is 0.222. The van der Waals surface area contributed by atoms with E-state index in [1.165, 1.54) is 39.9 Å². The molecule has 1 saturated heterocycles. The number of piperazine rings is 1. The van der Waals surface area contributed by atoms with Crippen molar-refractivity contribution in [3.05, 3.63) is 40.8 Å². The van der Waals surface area contributed by atoms with Gasteiger partial charge in [0.1, 0.15) is 4.21 Å². The maximum Gasteiger partial charge on any atom is 0.271 e. The minimum atomic E-state index is -3.69. The maximum absolute atomic E-state index is 12.7. The van der Waals surface area contributed by atoms with Crippen LogP contribution in [0.15, 0.2) is 39.4 Å². The highest BCUT2D eigenvalue weighted by Crippen LogP contribution is 2.27. The first-order valence-electron chi connectivity index (χ1n) is 8.48. The second-order valence-electron chi connectivity index (χ2n) is 6.64. The highest BCUT2D eigenvalue weighted by Gasteiger charge is 2.27. The number of benzene rings is 1. The molecule has 0 bridgehead atoms. The summed E-state index contributed by atoms with van der Waals surface area (Å²) in [6, 6.07) is 7.48. The van der Waals surface area contributed by atoms with E-state index in [9.17, 15) is 16.8 Å². The third kappa shape index (κ3) is 4.35. The van der Waals surface area contributed by atoms with Crippen molar-refractivity contribution < 1.29 is 16.8 Å². The van der Waals surface area contributed by atoms with Crippen LogP contribution in [0, 0.1) is 13.8 Å². The van der Waals surface area contributed by atoms with Crippen LogP contribution in [0.25, 0.3) is 0 Å². The molecule has 3 rings (SSSR count). The molecular weight excluding hydrogens is 406 g/mol. The number of sulfonamides is 2. The first kappa shape index (κ1) is 20.3. The Kier molecular flexibility index (Phi) is 5.64. The van der Waals surface area contributed by atoms with E-state index < -0.39 is 20.0 Å². The van der Waals surface area contributed by atoms with Crippen LogP contribution >= 0.6 is 11.3 Å². The van der Waals surface area contributed by atoms with Crippen LogP contribution in [0.1, 0.15) is 10.4 Å². The van der Waals surface area contributed by atoms with E-state index in [2.05, 4.69) is 9.62 Å². The average Bonchev–Trinajstić information content (AvgIpc) is 2.95. The van der Waals surface area contributed by atoms with Crippen molar-refractivity contribution in [2.24, 2.45) is 0 Å². The molecular formula is C17H23N3O4S3. The molecule has 0 saturated carbocycles. The van der Waals surface area contributed by atoms with E-state index in [1.807, 2.05) is 20.9 Å². The topological polar surface area (TPSA) is 86.8 Å². The van der Waals surface area contributed by atoms with Crippen LogP contribution in [0.2, 0.25) is 0 Å². The average molecular weight is 430 g/mol. The Morgan fingerprint density at radius 2 is 1.56 bits per heavy atom. The van der Waals surface area contributed by atoms with Crippen molar-refractivity contribution in [2.45, 2.75) is 23.0 Å². The number of aryl methyl sites for hydroxylation is 2. The molecule has 27 heavy (non-hydrogen) atoms. The lowest BCUT2D eigenvalue weighted by Crippen LogP contribution is -2.46. The fourth-order valence-electron chi connectivity index (χ4n) is 2.75. The smallest absolute Gasteiger partial charge is 0.271 e. The van der Waals surface area contributed by atoms with Crippen molar-refractivity contribution in [3.8, 4) is 0 Å². The van der Waals surface area contributed by atoms with Gasteiger partial charge >= 0.3 is 0 Å². The molecule has 2 aromatic rings. The summed E-state index contributed by atoms with van der Waals surface area (Å²) in [4.78, 5) is 3.19. The summed E-state index contributed by atoms with van der Waals surface area (Å²) in [5.41, 5.74) is 1.25. The van der Waals surface area contributed by atoms with Gasteiger partial charge in [-0.3, -0.25) is 4.72 Å². The number of thiophene rings is 1. The van der Waals surface area contributed by atoms with Gasteiger partial charge in [0.25, 0.3) is 10.0 Å². The highest BCUT2D eigenvalue weighted by atomic mass is 32.2. The quantitative estimate of drug-likeness (QED) is 0.787. The van der Waals surface area contributed by atoms with Gasteiger partial charge in [-0.25, -0.2) is 16.8 Å². The molecule has 1 aliphatic rings. The van der Waals surface area contributed by atoms with Crippen LogP contribution in [0.4, 0.5) is 5.69 Å². The summed E-state index contributed by atoms with van der Waals surface area (Å²) in [7, 11) is -5.30. The zero-order valence-corrected chi connectivity index (χ0v) is 17.9. The van der Waals surface area contributed by atoms with E-state index in [0.29, 0.717) is 31.9 Å². The number of nitrogens with zero attached hydrogens (tertiary/aromatic N) is 2. The molecule has 10 heteroatoms. The SMILES string of the molecule is Cc1cc(S(=O)(=O)Nc2ccc(S(=O)(=O)N3CCN(C)CC3)cc2)sc1C. The first-order valence-corrected chi connectivity index (χ1v) is 12.2. The Bertz CT molecular complexity index is 1000. The molecule has 1 aromatic heterocycles. The Labute approximate surface area is 164 Å². The Morgan fingerprint density at radius 3 is 2.07 bits per heavy atom. The van der Waals surface area contributed by atoms with Crippen molar-refractivity contribution in [3.63, 3.8) is 0 Å². The fourth-order valence-corrected chi connectivity index (χ4v) is 6.75. The summed E-state index contributed by atoms with van der Waals surface area (Å²) in [5.74, 6) is 0. The van der Waals surface area contributed by atoms with E-state index >= 15 is 0 Å². The number of rotatable bonds is 5. The molecule has 7 nitrogen and oxygen atoms in total. The molecule has 1 N–H and O–H groups in total. The van der Waals surface area contributed by atoms with Crippen molar-refractivity contribution >= 4 is 37.1 Å². The molecule has 1 aliphatic heterocycles. The molecule has 0 atom stereocenters. The third-order valence-corrected chi connectivity index (χ3v) is 9.54. The molecule has 1 aromatic carbocycles. The van der Waals surface area contributed by atoms with Gasteiger partial charge in [0, 0.05) is 36.7 Å². The second kappa shape index (κ2) is 7.51. The van der Waals surface area contributed by atoms with Crippen molar-refractivity contribution in [1.29, 1.82) is 0 Å². The summed E-state index contributed by atoms with van der Waals surface area (Å²) in [6.07, 6.45) is 0. The Hall–Kier alpha value is -1.46. The number of nitrogens with one attached hydrogen (secondary N) is 1. The number of hydrogen-bond acceptors (Lipinski definition) is 6. The van der Waals surface area contributed by atoms with E-state index in [-0.39, 0.29) is 9.10 Å². The zero-order chi connectivity index (χ0) is 19.8. The summed E-state index contributed by atoms with van der Waals surface area (Å²) in [6.45, 7) is 6.02. The maximum atomic E-state index is 12.7. The Balaban J connectivity index is 1.77. The fraction of sp³-hybridized carbons (Fsp3) is 0.412. The minimum Gasteiger partial charge on any atom is -0.304 e. The number of anilines is 1. The minimum absolute atomic E-state index is 0.165. The van der Waals surface area contributed by atoms with E-state index in [4.69, 9.17) is 0 Å². The summed E-state index contributed by atoms with van der Waals surface area (Å²) in [5, 5.41) is 0. The lowest BCUT2D eigenvalue weighted by Gasteiger charge is -2.31. The predicted molar refractivity (Wildman–Crippen MR) is 107 cm³/mol. The molecule has 0 unspecified atom stereocenters. The predicted octanol–water partition coefficient (Wildman–Crippen LogP) is 2.10. The summed E-state index contributed by atoms with van der Waals surface area (Å²) >= 11 is 1.21. The van der Waals surface area contributed by atoms with Crippen LogP contribution in [-0.4, -0.2) is 59.3 Å². The van der Waals surface area contributed by atoms with Gasteiger partial charge in [0.2, 0.25) is 10.0 Å². The second-order valence-corrected chi connectivity index (χ2v) is 11.7. The van der Waals surface area contributed by atoms with Crippen LogP contribution in [0.5, 0.6) is 0 Å². The first-order chi connectivity index (χ1) is 12.6. The Morgan fingerprint density at radius 1 is 0.963 bits per heavy atom. The normalized spacial score (nSPS) is 17.1. The van der Waals surface area contributed by atoms with Gasteiger partial charge in [-0.15, -0.1) is 11.3 Å². The molecule has 148 valence electrons. The van der Waals surface area contributed by atoms with Gasteiger partial charge in [-0.05, 0) is 56.8 Å². The standard InChI is InChI=1S/C17H23N3O4S3/c1-13-12-17(25-14(13)2)26(21,22)18-15-4-6-16(7-5-15)27(23,24)20-10-8-19(3)9-11-20/h4-7,12,18H,8-11H2,1-3H3. The summed E-state index contributed by atoms with van der Waals surface area (Å²) < 4.78 is 54.6. The van der Waals surface area contributed by atoms with Crippen molar-refractivity contribution in [1.82, 2.24) is 9.21 Å². The molecule has 0 spiro atoms. The lowest BCUT2D eigenvalue weighted by atomic mass is 10.3. The molecule has 2 heterocycles. The third-order valence-electron chi connectivity index (χ3n) is 4.61. The molecule has 0 aliphatic carbocycles. The van der Waals surface area contributed by atoms with Crippen LogP contribution in [0.3, 0.4) is 0 Å². The molecule has 0 radical (unpaired) electrons. The monoisotopic (exact) mass is 429 g/mol. The van der Waals surface area contributed by atoms with Gasteiger partial charge in [0.05, 0.1) is 4.90 Å².